The van der Waals surface area contributed by atoms with E-state index < -0.39 is 23.7 Å². The first-order valence-corrected chi connectivity index (χ1v) is 10.5. The molecule has 7 nitrogen and oxygen atoms in total. The third kappa shape index (κ3) is 4.01. The van der Waals surface area contributed by atoms with Crippen molar-refractivity contribution < 1.29 is 24.2 Å². The summed E-state index contributed by atoms with van der Waals surface area (Å²) in [6, 6.07) is 16.0. The second kappa shape index (κ2) is 9.08. The van der Waals surface area contributed by atoms with Gasteiger partial charge in [-0.25, -0.2) is 4.79 Å². The number of Topliss-reactive ketones (excluding diaryl/α,β-unsaturated/α-hetero) is 1. The van der Waals surface area contributed by atoms with E-state index in [4.69, 9.17) is 4.74 Å². The number of nitrogens with zero attached hydrogens (tertiary/aromatic N) is 2. The van der Waals surface area contributed by atoms with E-state index in [0.717, 1.165) is 5.56 Å². The van der Waals surface area contributed by atoms with E-state index in [1.54, 1.807) is 37.3 Å². The van der Waals surface area contributed by atoms with Crippen LogP contribution in [0.2, 0.25) is 0 Å². The van der Waals surface area contributed by atoms with Gasteiger partial charge in [-0.15, -0.1) is 0 Å². The van der Waals surface area contributed by atoms with Crippen LogP contribution in [0.1, 0.15) is 40.0 Å². The number of aliphatic hydroxyl groups excluding tert-OH is 1. The quantitative estimate of drug-likeness (QED) is 0.275. The molecular weight excluding hydrogens is 420 g/mol. The molecule has 1 N–H and O–H groups in total. The number of amides is 1. The maximum atomic E-state index is 13.3. The Bertz CT molecular complexity index is 1270. The number of rotatable bonds is 5. The molecule has 1 aliphatic rings. The molecule has 166 valence electrons. The standard InChI is InChI=1S/C26H22N2O5/c1-3-33-26(32)18-8-6-9-19(15-18)28-22(20-10-5-4-7-16(20)2)21(24(30)25(28)31)23(29)17-11-13-27-14-12-17/h4-15,22,29H,3H2,1-2H3/b23-21+. The number of aryl methyl sites for hydroxylation is 1. The highest BCUT2D eigenvalue weighted by Crippen LogP contribution is 2.43. The molecule has 0 aliphatic carbocycles. The Kier molecular flexibility index (Phi) is 6.04. The van der Waals surface area contributed by atoms with E-state index in [-0.39, 0.29) is 23.5 Å². The van der Waals surface area contributed by atoms with Crippen LogP contribution in [0.5, 0.6) is 0 Å². The van der Waals surface area contributed by atoms with Crippen LogP contribution in [0.4, 0.5) is 5.69 Å². The smallest absolute Gasteiger partial charge is 0.338 e. The Morgan fingerprint density at radius 1 is 1.03 bits per heavy atom. The van der Waals surface area contributed by atoms with Crippen molar-refractivity contribution >= 4 is 29.1 Å². The molecule has 7 heteroatoms. The molecule has 0 radical (unpaired) electrons. The molecule has 0 spiro atoms. The molecule has 2 heterocycles. The summed E-state index contributed by atoms with van der Waals surface area (Å²) in [5.41, 5.74) is 2.49. The van der Waals surface area contributed by atoms with Gasteiger partial charge in [0.1, 0.15) is 5.76 Å². The highest BCUT2D eigenvalue weighted by atomic mass is 16.5. The van der Waals surface area contributed by atoms with Crippen LogP contribution in [0.25, 0.3) is 5.76 Å². The fourth-order valence-corrected chi connectivity index (χ4v) is 3.95. The Labute approximate surface area is 191 Å². The first kappa shape index (κ1) is 22.0. The third-order valence-corrected chi connectivity index (χ3v) is 5.52. The lowest BCUT2D eigenvalue weighted by Crippen LogP contribution is -2.30. The molecule has 1 aromatic heterocycles. The van der Waals surface area contributed by atoms with Gasteiger partial charge in [-0.2, -0.15) is 0 Å². The lowest BCUT2D eigenvalue weighted by atomic mass is 9.92. The lowest BCUT2D eigenvalue weighted by Gasteiger charge is -2.27. The molecule has 1 amide bonds. The molecular formula is C26H22N2O5. The van der Waals surface area contributed by atoms with E-state index in [1.807, 2.05) is 31.2 Å². The maximum Gasteiger partial charge on any atom is 0.338 e. The molecule has 33 heavy (non-hydrogen) atoms. The zero-order chi connectivity index (χ0) is 23.5. The summed E-state index contributed by atoms with van der Waals surface area (Å²) in [5.74, 6) is -2.41. The average Bonchev–Trinajstić information content (AvgIpc) is 3.10. The van der Waals surface area contributed by atoms with Gasteiger partial charge in [-0.3, -0.25) is 19.5 Å². The van der Waals surface area contributed by atoms with E-state index in [1.165, 1.54) is 23.4 Å². The number of hydrogen-bond acceptors (Lipinski definition) is 6. The predicted molar refractivity (Wildman–Crippen MR) is 123 cm³/mol. The van der Waals surface area contributed by atoms with E-state index in [9.17, 15) is 19.5 Å². The van der Waals surface area contributed by atoms with Gasteiger partial charge in [0.2, 0.25) is 0 Å². The van der Waals surface area contributed by atoms with Gasteiger partial charge in [0.05, 0.1) is 23.8 Å². The number of esters is 1. The lowest BCUT2D eigenvalue weighted by molar-refractivity contribution is -0.132. The number of carbonyl (C=O) groups excluding carboxylic acids is 3. The van der Waals surface area contributed by atoms with Crippen molar-refractivity contribution in [3.05, 3.63) is 101 Å². The number of hydrogen-bond donors (Lipinski definition) is 1. The largest absolute Gasteiger partial charge is 0.507 e. The number of benzene rings is 2. The molecule has 2 aromatic carbocycles. The van der Waals surface area contributed by atoms with Gasteiger partial charge in [0.25, 0.3) is 11.7 Å². The molecule has 0 saturated carbocycles. The van der Waals surface area contributed by atoms with Gasteiger partial charge in [-0.05, 0) is 55.3 Å². The van der Waals surface area contributed by atoms with Crippen LogP contribution in [0, 0.1) is 6.92 Å². The van der Waals surface area contributed by atoms with Crippen molar-refractivity contribution in [2.45, 2.75) is 19.9 Å². The number of pyridine rings is 1. The minimum atomic E-state index is -0.878. The van der Waals surface area contributed by atoms with Crippen LogP contribution in [0.3, 0.4) is 0 Å². The van der Waals surface area contributed by atoms with Crippen LogP contribution in [-0.2, 0) is 14.3 Å². The van der Waals surface area contributed by atoms with Crippen molar-refractivity contribution in [2.24, 2.45) is 0 Å². The average molecular weight is 442 g/mol. The van der Waals surface area contributed by atoms with E-state index in [0.29, 0.717) is 16.8 Å². The summed E-state index contributed by atoms with van der Waals surface area (Å²) in [5, 5.41) is 11.1. The normalized spacial score (nSPS) is 17.3. The summed E-state index contributed by atoms with van der Waals surface area (Å²) in [6.07, 6.45) is 2.99. The fraction of sp³-hybridized carbons (Fsp3) is 0.154. The Hall–Kier alpha value is -4.26. The number of anilines is 1. The second-order valence-corrected chi connectivity index (χ2v) is 7.53. The molecule has 1 aliphatic heterocycles. The number of carbonyl (C=O) groups is 3. The minimum Gasteiger partial charge on any atom is -0.507 e. The molecule has 3 aromatic rings. The monoisotopic (exact) mass is 442 g/mol. The Balaban J connectivity index is 1.93. The van der Waals surface area contributed by atoms with Crippen molar-refractivity contribution in [3.8, 4) is 0 Å². The third-order valence-electron chi connectivity index (χ3n) is 5.52. The van der Waals surface area contributed by atoms with E-state index >= 15 is 0 Å². The van der Waals surface area contributed by atoms with Crippen molar-refractivity contribution in [3.63, 3.8) is 0 Å². The summed E-state index contributed by atoms with van der Waals surface area (Å²) in [4.78, 5) is 44.0. The SMILES string of the molecule is CCOC(=O)c1cccc(N2C(=O)C(=O)/C(=C(/O)c3ccncc3)C2c2ccccc2C)c1. The summed E-state index contributed by atoms with van der Waals surface area (Å²) in [6.45, 7) is 3.79. The van der Waals surface area contributed by atoms with Gasteiger partial charge < -0.3 is 9.84 Å². The zero-order valence-electron chi connectivity index (χ0n) is 18.2. The topological polar surface area (TPSA) is 96.8 Å². The Morgan fingerprint density at radius 2 is 1.76 bits per heavy atom. The molecule has 4 rings (SSSR count). The van der Waals surface area contributed by atoms with Gasteiger partial charge in [-0.1, -0.05) is 30.3 Å². The second-order valence-electron chi connectivity index (χ2n) is 7.53. The molecule has 1 atom stereocenters. The molecule has 1 fully saturated rings. The first-order valence-electron chi connectivity index (χ1n) is 10.5. The molecule has 1 saturated heterocycles. The van der Waals surface area contributed by atoms with Gasteiger partial charge >= 0.3 is 5.97 Å². The van der Waals surface area contributed by atoms with Crippen LogP contribution in [0.15, 0.2) is 78.6 Å². The number of aliphatic hydroxyl groups is 1. The highest BCUT2D eigenvalue weighted by molar-refractivity contribution is 6.51. The van der Waals surface area contributed by atoms with Gasteiger partial charge in [0, 0.05) is 23.6 Å². The number of ether oxygens (including phenoxy) is 1. The molecule has 0 bridgehead atoms. The van der Waals surface area contributed by atoms with Gasteiger partial charge in [0.15, 0.2) is 0 Å². The Morgan fingerprint density at radius 3 is 2.45 bits per heavy atom. The van der Waals surface area contributed by atoms with Crippen LogP contribution < -0.4 is 4.90 Å². The predicted octanol–water partition coefficient (Wildman–Crippen LogP) is 4.19. The zero-order valence-corrected chi connectivity index (χ0v) is 18.2. The minimum absolute atomic E-state index is 0.0259. The number of aromatic nitrogens is 1. The van der Waals surface area contributed by atoms with Crippen LogP contribution >= 0.6 is 0 Å². The van der Waals surface area contributed by atoms with Crippen molar-refractivity contribution in [1.29, 1.82) is 0 Å². The fourth-order valence-electron chi connectivity index (χ4n) is 3.95. The first-order chi connectivity index (χ1) is 15.9. The van der Waals surface area contributed by atoms with Crippen molar-refractivity contribution in [2.75, 3.05) is 11.5 Å². The summed E-state index contributed by atoms with van der Waals surface area (Å²) < 4.78 is 5.08. The maximum absolute atomic E-state index is 13.3. The summed E-state index contributed by atoms with van der Waals surface area (Å²) >= 11 is 0. The highest BCUT2D eigenvalue weighted by Gasteiger charge is 2.47. The summed E-state index contributed by atoms with van der Waals surface area (Å²) in [7, 11) is 0. The molecule has 1 unspecified atom stereocenters. The van der Waals surface area contributed by atoms with E-state index in [2.05, 4.69) is 4.98 Å². The van der Waals surface area contributed by atoms with Crippen molar-refractivity contribution in [1.82, 2.24) is 4.98 Å². The van der Waals surface area contributed by atoms with Crippen LogP contribution in [-0.4, -0.2) is 34.4 Å². The number of ketones is 1.